The van der Waals surface area contributed by atoms with Crippen molar-refractivity contribution in [3.63, 3.8) is 0 Å². The fourth-order valence-corrected chi connectivity index (χ4v) is 4.88. The summed E-state index contributed by atoms with van der Waals surface area (Å²) in [4.78, 5) is 26.6. The Morgan fingerprint density at radius 2 is 1.91 bits per heavy atom. The molecule has 1 atom stereocenters. The van der Waals surface area contributed by atoms with Crippen LogP contribution in [0.4, 0.5) is 0 Å². The Bertz CT molecular complexity index is 1230. The van der Waals surface area contributed by atoms with Gasteiger partial charge in [-0.3, -0.25) is 14.6 Å². The average molecular weight is 489 g/mol. The van der Waals surface area contributed by atoms with Crippen molar-refractivity contribution >= 4 is 44.2 Å². The molecule has 1 amide bonds. The van der Waals surface area contributed by atoms with Crippen molar-refractivity contribution < 1.29 is 9.59 Å². The van der Waals surface area contributed by atoms with Crippen LogP contribution in [0.2, 0.25) is 0 Å². The Morgan fingerprint density at radius 1 is 1.17 bits per heavy atom. The van der Waals surface area contributed by atoms with Crippen LogP contribution in [0.5, 0.6) is 0 Å². The largest absolute Gasteiger partial charge is 0.402 e. The highest BCUT2D eigenvalue weighted by Gasteiger charge is 2.45. The third kappa shape index (κ3) is 5.38. The van der Waals surface area contributed by atoms with Crippen LogP contribution in [0.25, 0.3) is 11.3 Å². The summed E-state index contributed by atoms with van der Waals surface area (Å²) >= 11 is 0. The lowest BCUT2D eigenvalue weighted by Crippen LogP contribution is -2.31. The fourth-order valence-electron chi connectivity index (χ4n) is 4.54. The molecule has 4 rings (SSSR count). The van der Waals surface area contributed by atoms with Gasteiger partial charge in [-0.05, 0) is 72.7 Å². The number of aliphatic imine (C=N–C) groups is 1. The number of aldehydes is 1. The van der Waals surface area contributed by atoms with Crippen molar-refractivity contribution in [1.82, 2.24) is 10.6 Å². The molecule has 2 fully saturated rings. The Balaban J connectivity index is 1.70. The number of nitrogens with zero attached hydrogens (tertiary/aromatic N) is 1. The molecular weight excluding hydrogens is 455 g/mol. The first-order chi connectivity index (χ1) is 16.9. The van der Waals surface area contributed by atoms with E-state index in [0.29, 0.717) is 12.8 Å². The van der Waals surface area contributed by atoms with Gasteiger partial charge < -0.3 is 16.4 Å². The third-order valence-corrected chi connectivity index (χ3v) is 7.35. The number of benzene rings is 2. The summed E-state index contributed by atoms with van der Waals surface area (Å²) < 4.78 is 0. The van der Waals surface area contributed by atoms with Crippen LogP contribution in [0, 0.1) is 0 Å². The van der Waals surface area contributed by atoms with Crippen LogP contribution in [-0.2, 0) is 21.7 Å². The van der Waals surface area contributed by atoms with Gasteiger partial charge in [-0.15, -0.1) is 9.24 Å². The molecule has 0 aromatic heterocycles. The van der Waals surface area contributed by atoms with Gasteiger partial charge in [0, 0.05) is 42.3 Å². The zero-order valence-electron chi connectivity index (χ0n) is 20.4. The minimum Gasteiger partial charge on any atom is -0.402 e. The topological polar surface area (TPSA) is 96.6 Å². The number of nitrogens with one attached hydrogen (secondary N) is 2. The fraction of sp³-hybridized carbons (Fsp3) is 0.321. The molecule has 35 heavy (non-hydrogen) atoms. The third-order valence-electron chi connectivity index (χ3n) is 6.85. The van der Waals surface area contributed by atoms with Crippen LogP contribution in [0.3, 0.4) is 0 Å². The van der Waals surface area contributed by atoms with Crippen LogP contribution < -0.4 is 21.7 Å². The van der Waals surface area contributed by atoms with E-state index in [2.05, 4.69) is 49.1 Å². The minimum absolute atomic E-state index is 0.152. The smallest absolute Gasteiger partial charge is 0.284 e. The van der Waals surface area contributed by atoms with E-state index >= 15 is 0 Å². The maximum Gasteiger partial charge on any atom is 0.284 e. The van der Waals surface area contributed by atoms with Gasteiger partial charge in [0.05, 0.1) is 5.54 Å². The molecule has 2 aliphatic carbocycles. The predicted octanol–water partition coefficient (Wildman–Crippen LogP) is 3.57. The molecule has 2 aromatic rings. The first-order valence-electron chi connectivity index (χ1n) is 12.0. The van der Waals surface area contributed by atoms with Gasteiger partial charge in [0.2, 0.25) is 6.29 Å². The van der Waals surface area contributed by atoms with Gasteiger partial charge in [0.15, 0.2) is 0 Å². The molecule has 4 N–H and O–H groups in total. The number of allylic oxidation sites excluding steroid dienone is 3. The Hall–Kier alpha value is -3.24. The van der Waals surface area contributed by atoms with Crippen molar-refractivity contribution in [1.29, 1.82) is 0 Å². The first-order valence-corrected chi connectivity index (χ1v) is 12.6. The summed E-state index contributed by atoms with van der Waals surface area (Å²) in [5.74, 6) is -0.607. The number of carbonyl (C=O) groups excluding carboxylic acids is 2. The molecule has 1 unspecified atom stereocenters. The van der Waals surface area contributed by atoms with Crippen molar-refractivity contribution in [2.45, 2.75) is 51.1 Å². The lowest BCUT2D eigenvalue weighted by Gasteiger charge is -2.30. The minimum atomic E-state index is -0.607. The van der Waals surface area contributed by atoms with E-state index in [1.165, 1.54) is 17.6 Å². The number of amides is 1. The van der Waals surface area contributed by atoms with Gasteiger partial charge >= 0.3 is 0 Å². The Labute approximate surface area is 209 Å². The first kappa shape index (κ1) is 24.9. The lowest BCUT2D eigenvalue weighted by molar-refractivity contribution is -0.131. The highest BCUT2D eigenvalue weighted by atomic mass is 31.0. The molecule has 7 heteroatoms. The highest BCUT2D eigenvalue weighted by molar-refractivity contribution is 7.27. The van der Waals surface area contributed by atoms with Gasteiger partial charge in [-0.25, -0.2) is 0 Å². The second kappa shape index (κ2) is 10.6. The summed E-state index contributed by atoms with van der Waals surface area (Å²) in [5.41, 5.74) is 14.7. The van der Waals surface area contributed by atoms with Crippen molar-refractivity contribution in [3.05, 3.63) is 76.0 Å². The molecule has 0 saturated heterocycles. The standard InChI is InChI=1S/C28H33N4O2P/c1-18(29)24(16-30-2)23-14-21(10-11-25(23)35)28(12-13-28)32-27(19-7-5-8-19)22-9-4-3-6-20(22)15-31-26(34)17-33/h3-4,6,9-11,14,16-17,32H,5,7-8,12-13,15,29,35H2,1-2H3,(H,31,34)/b24-18+,30-16?. The molecule has 182 valence electrons. The maximum atomic E-state index is 11.6. The van der Waals surface area contributed by atoms with E-state index in [-0.39, 0.29) is 5.54 Å². The molecule has 2 aliphatic rings. The molecule has 0 aliphatic heterocycles. The second-order valence-corrected chi connectivity index (χ2v) is 9.94. The zero-order valence-corrected chi connectivity index (χ0v) is 21.5. The summed E-state index contributed by atoms with van der Waals surface area (Å²) in [7, 11) is 4.56. The van der Waals surface area contributed by atoms with Crippen molar-refractivity contribution in [2.24, 2.45) is 10.7 Å². The number of hydrogen-bond acceptors (Lipinski definition) is 5. The summed E-state index contributed by atoms with van der Waals surface area (Å²) in [5, 5.41) is 7.71. The predicted molar refractivity (Wildman–Crippen MR) is 146 cm³/mol. The highest BCUT2D eigenvalue weighted by Crippen LogP contribution is 2.49. The number of rotatable bonds is 9. The molecule has 0 heterocycles. The zero-order chi connectivity index (χ0) is 25.0. The van der Waals surface area contributed by atoms with Gasteiger partial charge in [-0.2, -0.15) is 0 Å². The van der Waals surface area contributed by atoms with E-state index in [1.807, 2.05) is 31.3 Å². The van der Waals surface area contributed by atoms with Crippen LogP contribution in [0.15, 0.2) is 58.7 Å². The molecule has 2 saturated carbocycles. The normalized spacial score (nSPS) is 16.8. The van der Waals surface area contributed by atoms with E-state index in [4.69, 9.17) is 5.73 Å². The van der Waals surface area contributed by atoms with Crippen molar-refractivity contribution in [3.8, 4) is 0 Å². The van der Waals surface area contributed by atoms with Crippen molar-refractivity contribution in [2.75, 3.05) is 7.05 Å². The molecule has 0 radical (unpaired) electrons. The van der Waals surface area contributed by atoms with E-state index in [9.17, 15) is 9.59 Å². The van der Waals surface area contributed by atoms with Gasteiger partial charge in [0.1, 0.15) is 0 Å². The quantitative estimate of drug-likeness (QED) is 0.218. The molecular formula is C28H33N4O2P. The summed E-state index contributed by atoms with van der Waals surface area (Å²) in [6.07, 6.45) is 7.51. The Morgan fingerprint density at radius 3 is 2.51 bits per heavy atom. The molecule has 6 nitrogen and oxygen atoms in total. The number of carbonyl (C=O) groups is 2. The van der Waals surface area contributed by atoms with Gasteiger partial charge in [0.25, 0.3) is 5.91 Å². The number of nitrogens with two attached hydrogens (primary N) is 1. The summed E-state index contributed by atoms with van der Waals surface area (Å²) in [6.45, 7) is 2.21. The second-order valence-electron chi connectivity index (χ2n) is 9.32. The summed E-state index contributed by atoms with van der Waals surface area (Å²) in [6, 6.07) is 14.6. The van der Waals surface area contributed by atoms with Crippen LogP contribution >= 0.6 is 9.24 Å². The molecule has 0 bridgehead atoms. The van der Waals surface area contributed by atoms with E-state index in [0.717, 1.165) is 64.6 Å². The van der Waals surface area contributed by atoms with Crippen LogP contribution in [-0.4, -0.2) is 25.5 Å². The monoisotopic (exact) mass is 488 g/mol. The maximum absolute atomic E-state index is 11.6. The van der Waals surface area contributed by atoms with Gasteiger partial charge in [-0.1, -0.05) is 36.4 Å². The SMILES string of the molecule is CN=C/C(=C(/C)N)c1cc(C2(NC(=C3CCC3)c3ccccc3CNC(=O)C=O)CC2)ccc1P. The Kier molecular flexibility index (Phi) is 7.51. The number of hydrogen-bond donors (Lipinski definition) is 3. The average Bonchev–Trinajstić information content (AvgIpc) is 3.60. The molecule has 2 aromatic carbocycles. The van der Waals surface area contributed by atoms with E-state index < -0.39 is 5.91 Å². The van der Waals surface area contributed by atoms with E-state index in [1.54, 1.807) is 7.05 Å². The molecule has 0 spiro atoms. The lowest BCUT2D eigenvalue weighted by atomic mass is 9.86. The van der Waals surface area contributed by atoms with Crippen LogP contribution in [0.1, 0.15) is 61.3 Å².